The van der Waals surface area contributed by atoms with Gasteiger partial charge in [0.1, 0.15) is 6.54 Å². The van der Waals surface area contributed by atoms with Crippen molar-refractivity contribution in [3.63, 3.8) is 0 Å². The van der Waals surface area contributed by atoms with Crippen molar-refractivity contribution in [1.29, 1.82) is 0 Å². The van der Waals surface area contributed by atoms with E-state index in [1.165, 1.54) is 18.2 Å². The highest BCUT2D eigenvalue weighted by atomic mass is 32.2. The van der Waals surface area contributed by atoms with E-state index in [9.17, 15) is 9.59 Å². The molecule has 0 radical (unpaired) electrons. The van der Waals surface area contributed by atoms with Crippen LogP contribution in [0.5, 0.6) is 0 Å². The molecule has 26 heavy (non-hydrogen) atoms. The third-order valence-electron chi connectivity index (χ3n) is 4.70. The van der Waals surface area contributed by atoms with E-state index in [4.69, 9.17) is 0 Å². The number of carbonyl (C=O) groups excluding carboxylic acids is 2. The number of hydrogen-bond donors (Lipinski definition) is 1. The monoisotopic (exact) mass is 373 g/mol. The molecule has 0 unspecified atom stereocenters. The molecular weight excluding hydrogens is 346 g/mol. The Balaban J connectivity index is 1.72. The second-order valence-electron chi connectivity index (χ2n) is 6.72. The first-order valence-corrected chi connectivity index (χ1v) is 10.4. The number of nitrogens with one attached hydrogen (secondary N) is 1. The first kappa shape index (κ1) is 18.8. The number of thioether (sulfide) groups is 1. The second-order valence-corrected chi connectivity index (χ2v) is 7.74. The SMILES string of the molecule is CCCNC(=O)CSc1cn(CC(=O)N2CCCCC2)c2ccccc12. The number of hydrogen-bond acceptors (Lipinski definition) is 3. The third kappa shape index (κ3) is 4.61. The first-order chi connectivity index (χ1) is 12.7. The van der Waals surface area contributed by atoms with Crippen molar-refractivity contribution in [2.45, 2.75) is 44.0 Å². The van der Waals surface area contributed by atoms with Crippen molar-refractivity contribution >= 4 is 34.5 Å². The predicted molar refractivity (Wildman–Crippen MR) is 106 cm³/mol. The van der Waals surface area contributed by atoms with E-state index < -0.39 is 0 Å². The number of nitrogens with zero attached hydrogens (tertiary/aromatic N) is 2. The van der Waals surface area contributed by atoms with E-state index in [0.29, 0.717) is 18.8 Å². The van der Waals surface area contributed by atoms with Gasteiger partial charge in [0, 0.05) is 41.6 Å². The molecule has 0 aliphatic carbocycles. The lowest BCUT2D eigenvalue weighted by Crippen LogP contribution is -2.37. The van der Waals surface area contributed by atoms with E-state index in [2.05, 4.69) is 11.4 Å². The quantitative estimate of drug-likeness (QED) is 0.758. The molecule has 0 bridgehead atoms. The minimum atomic E-state index is 0.0538. The van der Waals surface area contributed by atoms with Crippen molar-refractivity contribution in [1.82, 2.24) is 14.8 Å². The summed E-state index contributed by atoms with van der Waals surface area (Å²) in [4.78, 5) is 27.6. The molecule has 2 aromatic rings. The molecule has 6 heteroatoms. The summed E-state index contributed by atoms with van der Waals surface area (Å²) < 4.78 is 2.03. The van der Waals surface area contributed by atoms with E-state index in [-0.39, 0.29) is 11.8 Å². The Morgan fingerprint density at radius 3 is 2.69 bits per heavy atom. The van der Waals surface area contributed by atoms with E-state index in [0.717, 1.165) is 48.2 Å². The first-order valence-electron chi connectivity index (χ1n) is 9.44. The summed E-state index contributed by atoms with van der Waals surface area (Å²) in [6.07, 6.45) is 6.38. The number of fused-ring (bicyclic) bond motifs is 1. The average molecular weight is 374 g/mol. The van der Waals surface area contributed by atoms with Crippen LogP contribution < -0.4 is 5.32 Å². The van der Waals surface area contributed by atoms with Crippen LogP contribution >= 0.6 is 11.8 Å². The fraction of sp³-hybridized carbons (Fsp3) is 0.500. The molecule has 1 saturated heterocycles. The Kier molecular flexibility index (Phi) is 6.61. The molecule has 1 N–H and O–H groups in total. The van der Waals surface area contributed by atoms with Gasteiger partial charge in [-0.1, -0.05) is 25.1 Å². The molecule has 0 saturated carbocycles. The van der Waals surface area contributed by atoms with Gasteiger partial charge in [-0.05, 0) is 31.7 Å². The second kappa shape index (κ2) is 9.12. The van der Waals surface area contributed by atoms with Crippen LogP contribution in [0.2, 0.25) is 0 Å². The number of piperidine rings is 1. The van der Waals surface area contributed by atoms with Crippen LogP contribution in [0, 0.1) is 0 Å². The zero-order chi connectivity index (χ0) is 18.4. The summed E-state index contributed by atoms with van der Waals surface area (Å²) >= 11 is 1.53. The van der Waals surface area contributed by atoms with E-state index >= 15 is 0 Å². The van der Waals surface area contributed by atoms with Crippen LogP contribution in [0.1, 0.15) is 32.6 Å². The third-order valence-corrected chi connectivity index (χ3v) is 5.74. The highest BCUT2D eigenvalue weighted by Crippen LogP contribution is 2.30. The zero-order valence-corrected chi connectivity index (χ0v) is 16.2. The van der Waals surface area contributed by atoms with Crippen molar-refractivity contribution < 1.29 is 9.59 Å². The van der Waals surface area contributed by atoms with Gasteiger partial charge in [-0.3, -0.25) is 9.59 Å². The fourth-order valence-corrected chi connectivity index (χ4v) is 4.23. The maximum atomic E-state index is 12.6. The summed E-state index contributed by atoms with van der Waals surface area (Å²) in [5.74, 6) is 0.634. The van der Waals surface area contributed by atoms with Gasteiger partial charge >= 0.3 is 0 Å². The van der Waals surface area contributed by atoms with Gasteiger partial charge in [-0.15, -0.1) is 11.8 Å². The highest BCUT2D eigenvalue weighted by molar-refractivity contribution is 8.00. The lowest BCUT2D eigenvalue weighted by atomic mass is 10.1. The largest absolute Gasteiger partial charge is 0.355 e. The maximum Gasteiger partial charge on any atom is 0.242 e. The van der Waals surface area contributed by atoms with Crippen LogP contribution in [0.3, 0.4) is 0 Å². The number of benzene rings is 1. The lowest BCUT2D eigenvalue weighted by molar-refractivity contribution is -0.132. The van der Waals surface area contributed by atoms with Crippen LogP contribution in [-0.2, 0) is 16.1 Å². The number of aromatic nitrogens is 1. The molecule has 1 aromatic heterocycles. The minimum absolute atomic E-state index is 0.0538. The molecule has 2 heterocycles. The van der Waals surface area contributed by atoms with Crippen molar-refractivity contribution in [3.05, 3.63) is 30.5 Å². The summed E-state index contributed by atoms with van der Waals surface area (Å²) in [7, 11) is 0. The molecule has 5 nitrogen and oxygen atoms in total. The van der Waals surface area contributed by atoms with E-state index in [1.54, 1.807) is 0 Å². The minimum Gasteiger partial charge on any atom is -0.355 e. The molecule has 1 aliphatic rings. The fourth-order valence-electron chi connectivity index (χ4n) is 3.31. The molecule has 0 atom stereocenters. The van der Waals surface area contributed by atoms with Crippen LogP contribution in [-0.4, -0.2) is 46.7 Å². The summed E-state index contributed by atoms with van der Waals surface area (Å²) in [6.45, 7) is 4.86. The number of likely N-dealkylation sites (tertiary alicyclic amines) is 1. The highest BCUT2D eigenvalue weighted by Gasteiger charge is 2.18. The van der Waals surface area contributed by atoms with Gasteiger partial charge in [0.25, 0.3) is 0 Å². The van der Waals surface area contributed by atoms with Crippen LogP contribution in [0.4, 0.5) is 0 Å². The van der Waals surface area contributed by atoms with Crippen molar-refractivity contribution in [3.8, 4) is 0 Å². The van der Waals surface area contributed by atoms with Gasteiger partial charge in [0.2, 0.25) is 11.8 Å². The van der Waals surface area contributed by atoms with Gasteiger partial charge in [0.05, 0.1) is 5.75 Å². The molecule has 3 rings (SSSR count). The standard InChI is InChI=1S/C20H27N3O2S/c1-2-10-21-19(24)15-26-18-13-23(17-9-5-4-8-16(17)18)14-20(25)22-11-6-3-7-12-22/h4-5,8-9,13H,2-3,6-7,10-12,14-15H2,1H3,(H,21,24). The molecule has 140 valence electrons. The molecule has 1 aromatic carbocycles. The summed E-state index contributed by atoms with van der Waals surface area (Å²) in [5, 5.41) is 4.01. The molecular formula is C20H27N3O2S. The Morgan fingerprint density at radius 1 is 1.15 bits per heavy atom. The average Bonchev–Trinajstić information content (AvgIpc) is 3.03. The van der Waals surface area contributed by atoms with Crippen LogP contribution in [0.25, 0.3) is 10.9 Å². The number of carbonyl (C=O) groups is 2. The topological polar surface area (TPSA) is 54.3 Å². The Bertz CT molecular complexity index is 766. The smallest absolute Gasteiger partial charge is 0.242 e. The van der Waals surface area contributed by atoms with Gasteiger partial charge < -0.3 is 14.8 Å². The summed E-state index contributed by atoms with van der Waals surface area (Å²) in [6, 6.07) is 8.09. The number of rotatable bonds is 7. The molecule has 1 fully saturated rings. The molecule has 2 amide bonds. The molecule has 0 spiro atoms. The Labute approximate surface area is 159 Å². The Hall–Kier alpha value is -1.95. The van der Waals surface area contributed by atoms with Gasteiger partial charge in [-0.2, -0.15) is 0 Å². The van der Waals surface area contributed by atoms with Gasteiger partial charge in [0.15, 0.2) is 0 Å². The van der Waals surface area contributed by atoms with Gasteiger partial charge in [-0.25, -0.2) is 0 Å². The van der Waals surface area contributed by atoms with Crippen molar-refractivity contribution in [2.75, 3.05) is 25.4 Å². The zero-order valence-electron chi connectivity index (χ0n) is 15.4. The Morgan fingerprint density at radius 2 is 1.92 bits per heavy atom. The molecule has 1 aliphatic heterocycles. The predicted octanol–water partition coefficient (Wildman–Crippen LogP) is 3.27. The summed E-state index contributed by atoms with van der Waals surface area (Å²) in [5.41, 5.74) is 1.05. The normalized spacial score (nSPS) is 14.6. The van der Waals surface area contributed by atoms with Crippen LogP contribution in [0.15, 0.2) is 35.4 Å². The number of amides is 2. The maximum absolute atomic E-state index is 12.6. The van der Waals surface area contributed by atoms with Crippen molar-refractivity contribution in [2.24, 2.45) is 0 Å². The van der Waals surface area contributed by atoms with E-state index in [1.807, 2.05) is 40.8 Å². The number of para-hydroxylation sites is 1. The lowest BCUT2D eigenvalue weighted by Gasteiger charge is -2.27.